The summed E-state index contributed by atoms with van der Waals surface area (Å²) in [7, 11) is 2.17. The molecule has 19 heavy (non-hydrogen) atoms. The minimum atomic E-state index is 1.07. The quantitative estimate of drug-likeness (QED) is 0.639. The Morgan fingerprint density at radius 2 is 1.79 bits per heavy atom. The van der Waals surface area contributed by atoms with Crippen molar-refractivity contribution in [1.82, 2.24) is 9.30 Å². The highest BCUT2D eigenvalue weighted by molar-refractivity contribution is 5.71. The van der Waals surface area contributed by atoms with Gasteiger partial charge in [-0.2, -0.15) is 0 Å². The maximum atomic E-state index is 2.35. The zero-order chi connectivity index (χ0) is 12.8. The fourth-order valence-electron chi connectivity index (χ4n) is 2.96. The number of nitrogens with zero attached hydrogens (tertiary/aromatic N) is 2. The second-order valence-electron chi connectivity index (χ2n) is 5.42. The number of benzene rings is 1. The standard InChI is InChI=1S/C17H16N2/c1-18-10-14-6-5-13(8-15(14)11-18)16-9-17-4-2-3-7-19(17)12-16/h2-9,12H,10-11H2,1H3. The Bertz CT molecular complexity index is 722. The molecule has 0 unspecified atom stereocenters. The van der Waals surface area contributed by atoms with Crippen LogP contribution in [0.2, 0.25) is 0 Å². The van der Waals surface area contributed by atoms with Crippen LogP contribution >= 0.6 is 0 Å². The molecule has 0 spiro atoms. The number of pyridine rings is 1. The van der Waals surface area contributed by atoms with E-state index in [4.69, 9.17) is 0 Å². The molecule has 0 radical (unpaired) electrons. The van der Waals surface area contributed by atoms with Gasteiger partial charge in [0.2, 0.25) is 0 Å². The van der Waals surface area contributed by atoms with E-state index in [1.165, 1.54) is 27.8 Å². The summed E-state index contributed by atoms with van der Waals surface area (Å²) in [5.41, 5.74) is 6.79. The van der Waals surface area contributed by atoms with E-state index in [0.29, 0.717) is 0 Å². The summed E-state index contributed by atoms with van der Waals surface area (Å²) >= 11 is 0. The number of hydrogen-bond donors (Lipinski definition) is 0. The van der Waals surface area contributed by atoms with Crippen LogP contribution in [0.4, 0.5) is 0 Å². The molecule has 0 saturated heterocycles. The summed E-state index contributed by atoms with van der Waals surface area (Å²) in [5.74, 6) is 0. The third kappa shape index (κ3) is 1.76. The molecule has 3 aromatic rings. The molecule has 3 heterocycles. The van der Waals surface area contributed by atoms with E-state index in [-0.39, 0.29) is 0 Å². The molecule has 0 bridgehead atoms. The van der Waals surface area contributed by atoms with E-state index in [1.54, 1.807) is 0 Å². The monoisotopic (exact) mass is 248 g/mol. The third-order valence-electron chi connectivity index (χ3n) is 3.92. The van der Waals surface area contributed by atoms with E-state index in [0.717, 1.165) is 13.1 Å². The molecule has 94 valence electrons. The predicted octanol–water partition coefficient (Wildman–Crippen LogP) is 3.55. The van der Waals surface area contributed by atoms with Gasteiger partial charge in [0, 0.05) is 36.6 Å². The fourth-order valence-corrected chi connectivity index (χ4v) is 2.96. The van der Waals surface area contributed by atoms with Gasteiger partial charge in [-0.15, -0.1) is 0 Å². The first-order valence-electron chi connectivity index (χ1n) is 6.67. The van der Waals surface area contributed by atoms with Gasteiger partial charge in [0.15, 0.2) is 0 Å². The predicted molar refractivity (Wildman–Crippen MR) is 78.0 cm³/mol. The van der Waals surface area contributed by atoms with E-state index in [2.05, 4.69) is 71.2 Å². The fraction of sp³-hybridized carbons (Fsp3) is 0.176. The normalized spacial score (nSPS) is 15.0. The van der Waals surface area contributed by atoms with Crippen molar-refractivity contribution in [2.45, 2.75) is 13.1 Å². The van der Waals surface area contributed by atoms with Crippen LogP contribution in [0.25, 0.3) is 16.6 Å². The molecule has 0 amide bonds. The van der Waals surface area contributed by atoms with E-state index in [9.17, 15) is 0 Å². The molecule has 0 N–H and O–H groups in total. The van der Waals surface area contributed by atoms with Gasteiger partial charge in [-0.3, -0.25) is 4.90 Å². The van der Waals surface area contributed by atoms with Crippen LogP contribution in [-0.2, 0) is 13.1 Å². The summed E-state index contributed by atoms with van der Waals surface area (Å²) in [6.45, 7) is 2.14. The van der Waals surface area contributed by atoms with Crippen molar-refractivity contribution in [2.24, 2.45) is 0 Å². The van der Waals surface area contributed by atoms with Crippen molar-refractivity contribution in [1.29, 1.82) is 0 Å². The highest BCUT2D eigenvalue weighted by Gasteiger charge is 2.16. The van der Waals surface area contributed by atoms with Crippen molar-refractivity contribution >= 4 is 5.52 Å². The molecule has 2 aromatic heterocycles. The molecule has 1 aliphatic rings. The average molecular weight is 248 g/mol. The first-order valence-corrected chi connectivity index (χ1v) is 6.67. The van der Waals surface area contributed by atoms with Gasteiger partial charge in [0.25, 0.3) is 0 Å². The van der Waals surface area contributed by atoms with Gasteiger partial charge in [0.05, 0.1) is 0 Å². The van der Waals surface area contributed by atoms with Crippen molar-refractivity contribution in [3.63, 3.8) is 0 Å². The smallest absolute Gasteiger partial charge is 0.0456 e. The maximum absolute atomic E-state index is 2.35. The van der Waals surface area contributed by atoms with Crippen LogP contribution in [0.5, 0.6) is 0 Å². The molecule has 2 nitrogen and oxygen atoms in total. The molecule has 2 heteroatoms. The van der Waals surface area contributed by atoms with Crippen LogP contribution in [0.3, 0.4) is 0 Å². The zero-order valence-electron chi connectivity index (χ0n) is 11.0. The number of rotatable bonds is 1. The number of fused-ring (bicyclic) bond motifs is 2. The Morgan fingerprint density at radius 1 is 0.895 bits per heavy atom. The van der Waals surface area contributed by atoms with Crippen molar-refractivity contribution in [2.75, 3.05) is 7.05 Å². The summed E-state index contributed by atoms with van der Waals surface area (Å²) in [5, 5.41) is 0. The topological polar surface area (TPSA) is 7.65 Å². The Kier molecular flexibility index (Phi) is 2.26. The van der Waals surface area contributed by atoms with Gasteiger partial charge in [0.1, 0.15) is 0 Å². The number of aromatic nitrogens is 1. The van der Waals surface area contributed by atoms with Gasteiger partial charge in [-0.1, -0.05) is 18.2 Å². The molecule has 0 fully saturated rings. The van der Waals surface area contributed by atoms with Crippen molar-refractivity contribution in [3.8, 4) is 11.1 Å². The molecular formula is C17H16N2. The SMILES string of the molecule is CN1Cc2ccc(-c3cc4ccccn4c3)cc2C1. The first kappa shape index (κ1) is 10.8. The molecule has 4 rings (SSSR count). The van der Waals surface area contributed by atoms with Crippen LogP contribution in [-0.4, -0.2) is 16.3 Å². The second-order valence-corrected chi connectivity index (χ2v) is 5.42. The van der Waals surface area contributed by atoms with E-state index < -0.39 is 0 Å². The van der Waals surface area contributed by atoms with Crippen LogP contribution in [0.1, 0.15) is 11.1 Å². The molecule has 0 saturated carbocycles. The Hall–Kier alpha value is -2.06. The van der Waals surface area contributed by atoms with Gasteiger partial charge >= 0.3 is 0 Å². The largest absolute Gasteiger partial charge is 0.323 e. The Balaban J connectivity index is 1.82. The lowest BCUT2D eigenvalue weighted by atomic mass is 10.0. The summed E-state index contributed by atoms with van der Waals surface area (Å²) in [6, 6.07) is 15.4. The summed E-state index contributed by atoms with van der Waals surface area (Å²) in [6.07, 6.45) is 4.30. The van der Waals surface area contributed by atoms with E-state index in [1.807, 2.05) is 0 Å². The highest BCUT2D eigenvalue weighted by atomic mass is 15.1. The molecule has 0 atom stereocenters. The minimum Gasteiger partial charge on any atom is -0.323 e. The molecule has 1 aromatic carbocycles. The zero-order valence-corrected chi connectivity index (χ0v) is 11.0. The minimum absolute atomic E-state index is 1.07. The summed E-state index contributed by atoms with van der Waals surface area (Å²) < 4.78 is 2.18. The molecule has 0 aliphatic carbocycles. The summed E-state index contributed by atoms with van der Waals surface area (Å²) in [4.78, 5) is 2.35. The van der Waals surface area contributed by atoms with Gasteiger partial charge < -0.3 is 4.40 Å². The van der Waals surface area contributed by atoms with E-state index >= 15 is 0 Å². The van der Waals surface area contributed by atoms with Crippen LogP contribution in [0.15, 0.2) is 54.9 Å². The van der Waals surface area contributed by atoms with Crippen molar-refractivity contribution < 1.29 is 0 Å². The third-order valence-corrected chi connectivity index (χ3v) is 3.92. The lowest BCUT2D eigenvalue weighted by Gasteiger charge is -2.03. The molecular weight excluding hydrogens is 232 g/mol. The lowest BCUT2D eigenvalue weighted by molar-refractivity contribution is 0.353. The van der Waals surface area contributed by atoms with Gasteiger partial charge in [-0.25, -0.2) is 0 Å². The Labute approximate surface area is 112 Å². The van der Waals surface area contributed by atoms with Crippen molar-refractivity contribution in [3.05, 3.63) is 66.0 Å². The maximum Gasteiger partial charge on any atom is 0.0456 e. The van der Waals surface area contributed by atoms with Crippen LogP contribution < -0.4 is 0 Å². The number of hydrogen-bond acceptors (Lipinski definition) is 1. The highest BCUT2D eigenvalue weighted by Crippen LogP contribution is 2.28. The second kappa shape index (κ2) is 3.97. The van der Waals surface area contributed by atoms with Crippen LogP contribution in [0, 0.1) is 0 Å². The van der Waals surface area contributed by atoms with Gasteiger partial charge in [-0.05, 0) is 48.0 Å². The lowest BCUT2D eigenvalue weighted by Crippen LogP contribution is -2.07. The first-order chi connectivity index (χ1) is 9.29. The molecule has 1 aliphatic heterocycles. The average Bonchev–Trinajstić information content (AvgIpc) is 2.99. The Morgan fingerprint density at radius 3 is 2.68 bits per heavy atom.